The minimum atomic E-state index is -1.63. The fraction of sp³-hybridized carbons (Fsp3) is 0.867. The van der Waals surface area contributed by atoms with E-state index in [1.165, 1.54) is 37.0 Å². The molecule has 4 nitrogen and oxygen atoms in total. The molecule has 0 atom stereocenters. The first-order valence-electron chi connectivity index (χ1n) is 7.89. The maximum atomic E-state index is 9.28. The number of aliphatic carboxylic acids is 2. The molecule has 0 spiro atoms. The summed E-state index contributed by atoms with van der Waals surface area (Å²) in [6, 6.07) is 0. The van der Waals surface area contributed by atoms with Gasteiger partial charge in [-0.1, -0.05) is 0 Å². The number of carbonyl (C=O) groups excluding carboxylic acids is 2. The zero-order valence-corrected chi connectivity index (χ0v) is 19.2. The number of hydrogen-bond donors (Lipinski definition) is 0. The SMILES string of the molecule is CC[PH+](CC)CC.CC[PH+](CC)CC.O=C([O-])CC(=O)[O-].[Pt+2]. The molecule has 0 N–H and O–H groups in total. The Hall–Kier alpha value is 0.488. The average Bonchev–Trinajstić information content (AvgIpc) is 2.42. The molecule has 0 saturated heterocycles. The van der Waals surface area contributed by atoms with Crippen molar-refractivity contribution in [2.24, 2.45) is 0 Å². The first-order valence-corrected chi connectivity index (χ1v) is 12.1. The zero-order chi connectivity index (χ0) is 17.3. The van der Waals surface area contributed by atoms with Crippen molar-refractivity contribution in [3.63, 3.8) is 0 Å². The van der Waals surface area contributed by atoms with Gasteiger partial charge in [-0.15, -0.1) is 0 Å². The number of rotatable bonds is 8. The molecule has 0 aliphatic heterocycles. The smallest absolute Gasteiger partial charge is 0.550 e. The Morgan fingerprint density at radius 2 is 0.818 bits per heavy atom. The molecule has 0 aromatic heterocycles. The third-order valence-electron chi connectivity index (χ3n) is 3.29. The second-order valence-electron chi connectivity index (χ2n) is 4.54. The standard InChI is InChI=1S/2C6H15P.C3H4O4.Pt/c2*1-4-7(5-2)6-3;4-2(5)1-3(6)7;/h2*4-6H2,1-3H3;1H2,(H,4,5)(H,6,7);/q;;;+2. The summed E-state index contributed by atoms with van der Waals surface area (Å²) in [5.41, 5.74) is 0. The van der Waals surface area contributed by atoms with E-state index < -0.39 is 18.4 Å². The number of carboxylic acid groups (broad SMARTS) is 2. The third-order valence-corrected chi connectivity index (χ3v) is 9.29. The monoisotopic (exact) mass is 535 g/mol. The number of carbonyl (C=O) groups is 2. The average molecular weight is 535 g/mol. The molecule has 0 aromatic carbocycles. The molecule has 0 unspecified atom stereocenters. The maximum absolute atomic E-state index is 9.28. The molecule has 0 radical (unpaired) electrons. The molecule has 0 fully saturated rings. The Morgan fingerprint density at radius 3 is 0.818 bits per heavy atom. The van der Waals surface area contributed by atoms with Crippen LogP contribution in [0.5, 0.6) is 0 Å². The van der Waals surface area contributed by atoms with Gasteiger partial charge in [0.1, 0.15) is 0 Å². The van der Waals surface area contributed by atoms with Crippen LogP contribution in [0.15, 0.2) is 0 Å². The predicted molar refractivity (Wildman–Crippen MR) is 94.5 cm³/mol. The second kappa shape index (κ2) is 23.8. The molecule has 0 aliphatic rings. The minimum Gasteiger partial charge on any atom is -0.550 e. The van der Waals surface area contributed by atoms with Crippen molar-refractivity contribution in [3.05, 3.63) is 0 Å². The molecule has 0 rings (SSSR count). The summed E-state index contributed by atoms with van der Waals surface area (Å²) in [5, 5.41) is 18.6. The molecule has 0 amide bonds. The summed E-state index contributed by atoms with van der Waals surface area (Å²) < 4.78 is 0. The van der Waals surface area contributed by atoms with Gasteiger partial charge in [-0.25, -0.2) is 0 Å². The number of carboxylic acids is 2. The van der Waals surface area contributed by atoms with Crippen LogP contribution in [0.1, 0.15) is 48.0 Å². The van der Waals surface area contributed by atoms with E-state index >= 15 is 0 Å². The van der Waals surface area contributed by atoms with E-state index in [9.17, 15) is 19.8 Å². The maximum Gasteiger partial charge on any atom is 2.00 e. The van der Waals surface area contributed by atoms with Gasteiger partial charge < -0.3 is 19.8 Å². The normalized spacial score (nSPS) is 9.09. The molecule has 0 aromatic rings. The van der Waals surface area contributed by atoms with Gasteiger partial charge in [-0.2, -0.15) is 0 Å². The fourth-order valence-corrected chi connectivity index (χ4v) is 4.62. The van der Waals surface area contributed by atoms with E-state index in [0.717, 1.165) is 0 Å². The summed E-state index contributed by atoms with van der Waals surface area (Å²) in [6.45, 7) is 13.8. The van der Waals surface area contributed by atoms with Gasteiger partial charge in [0.25, 0.3) is 0 Å². The topological polar surface area (TPSA) is 80.3 Å². The molecule has 0 saturated carbocycles. The molecule has 0 aliphatic carbocycles. The Labute approximate surface area is 153 Å². The molecule has 136 valence electrons. The van der Waals surface area contributed by atoms with Gasteiger partial charge in [0.15, 0.2) is 0 Å². The van der Waals surface area contributed by atoms with Crippen molar-refractivity contribution in [3.8, 4) is 0 Å². The van der Waals surface area contributed by atoms with Crippen LogP contribution in [-0.2, 0) is 30.7 Å². The van der Waals surface area contributed by atoms with Crippen molar-refractivity contribution < 1.29 is 40.9 Å². The van der Waals surface area contributed by atoms with Crippen molar-refractivity contribution >= 4 is 27.8 Å². The van der Waals surface area contributed by atoms with Crippen molar-refractivity contribution in [2.45, 2.75) is 48.0 Å². The van der Waals surface area contributed by atoms with Gasteiger partial charge in [0.05, 0.1) is 37.0 Å². The Morgan fingerprint density at radius 1 is 0.636 bits per heavy atom. The van der Waals surface area contributed by atoms with E-state index in [4.69, 9.17) is 0 Å². The van der Waals surface area contributed by atoms with Crippen molar-refractivity contribution in [1.29, 1.82) is 0 Å². The first kappa shape index (κ1) is 30.4. The van der Waals surface area contributed by atoms with Crippen molar-refractivity contribution in [1.82, 2.24) is 0 Å². The predicted octanol–water partition coefficient (Wildman–Crippen LogP) is 1.39. The Bertz CT molecular complexity index is 211. The second-order valence-corrected chi connectivity index (χ2v) is 11.8. The van der Waals surface area contributed by atoms with Crippen molar-refractivity contribution in [2.75, 3.05) is 37.0 Å². The molecule has 22 heavy (non-hydrogen) atoms. The van der Waals surface area contributed by atoms with E-state index in [1.54, 1.807) is 0 Å². The van der Waals surface area contributed by atoms with Gasteiger partial charge >= 0.3 is 21.1 Å². The quantitative estimate of drug-likeness (QED) is 0.348. The summed E-state index contributed by atoms with van der Waals surface area (Å²) in [6.07, 6.45) is 7.71. The van der Waals surface area contributed by atoms with Gasteiger partial charge in [-0.05, 0) is 57.4 Å². The van der Waals surface area contributed by atoms with Gasteiger partial charge in [-0.3, -0.25) is 0 Å². The molecule has 0 bridgehead atoms. The fourth-order valence-electron chi connectivity index (χ4n) is 1.62. The summed E-state index contributed by atoms with van der Waals surface area (Å²) in [5.74, 6) is -3.25. The number of hydrogen-bond acceptors (Lipinski definition) is 4. The van der Waals surface area contributed by atoms with E-state index in [-0.39, 0.29) is 36.9 Å². The van der Waals surface area contributed by atoms with Crippen LogP contribution in [0.3, 0.4) is 0 Å². The Balaban J connectivity index is -0.000000108. The zero-order valence-electron chi connectivity index (χ0n) is 14.9. The van der Waals surface area contributed by atoms with Crippen LogP contribution in [-0.4, -0.2) is 48.9 Å². The van der Waals surface area contributed by atoms with Crippen LogP contribution in [0.25, 0.3) is 0 Å². The largest absolute Gasteiger partial charge is 2.00 e. The molecular formula is C15H34O4P2Pt+2. The third kappa shape index (κ3) is 28.6. The van der Waals surface area contributed by atoms with E-state index in [1.807, 2.05) is 0 Å². The van der Waals surface area contributed by atoms with Crippen LogP contribution < -0.4 is 10.2 Å². The molecule has 0 heterocycles. The Kier molecular flexibility index (Phi) is 32.8. The molecular weight excluding hydrogens is 501 g/mol. The van der Waals surface area contributed by atoms with E-state index in [0.29, 0.717) is 0 Å². The summed E-state index contributed by atoms with van der Waals surface area (Å²) in [7, 11) is 0.275. The minimum absolute atomic E-state index is 0. The summed E-state index contributed by atoms with van der Waals surface area (Å²) in [4.78, 5) is 18.6. The summed E-state index contributed by atoms with van der Waals surface area (Å²) >= 11 is 0. The van der Waals surface area contributed by atoms with Crippen LogP contribution in [0.4, 0.5) is 0 Å². The first-order chi connectivity index (χ1) is 9.82. The van der Waals surface area contributed by atoms with Gasteiger partial charge in [0.2, 0.25) is 0 Å². The van der Waals surface area contributed by atoms with Crippen LogP contribution >= 0.6 is 15.8 Å². The van der Waals surface area contributed by atoms with E-state index in [2.05, 4.69) is 41.5 Å². The van der Waals surface area contributed by atoms with Crippen LogP contribution in [0, 0.1) is 0 Å². The van der Waals surface area contributed by atoms with Gasteiger partial charge in [0, 0.05) is 18.4 Å². The van der Waals surface area contributed by atoms with Crippen LogP contribution in [0.2, 0.25) is 0 Å². The molecule has 7 heteroatoms.